The Balaban J connectivity index is 0.00000288. The molecule has 0 aliphatic heterocycles. The van der Waals surface area contributed by atoms with Crippen molar-refractivity contribution in [3.63, 3.8) is 0 Å². The number of benzene rings is 2. The monoisotopic (exact) mass is 372 g/mol. The molecule has 0 radical (unpaired) electrons. The van der Waals surface area contributed by atoms with Crippen LogP contribution in [0, 0.1) is 26.0 Å². The van der Waals surface area contributed by atoms with Crippen molar-refractivity contribution in [1.82, 2.24) is 0 Å². The molecule has 0 spiro atoms. The number of hydrogen-bond acceptors (Lipinski definition) is 1. The minimum atomic E-state index is 0. The fourth-order valence-electron chi connectivity index (χ4n) is 2.40. The van der Waals surface area contributed by atoms with Gasteiger partial charge in [0.2, 0.25) is 0 Å². The molecule has 24 heavy (non-hydrogen) atoms. The topological polar surface area (TPSA) is 0 Å². The van der Waals surface area contributed by atoms with E-state index in [9.17, 15) is 0 Å². The summed E-state index contributed by atoms with van der Waals surface area (Å²) in [6.07, 6.45) is 0. The molecule has 2 rings (SSSR count). The van der Waals surface area contributed by atoms with Crippen molar-refractivity contribution in [2.24, 2.45) is 0 Å². The molecule has 2 heteroatoms. The largest absolute Gasteiger partial charge is 2.00 e. The van der Waals surface area contributed by atoms with Gasteiger partial charge in [0.05, 0.1) is 0 Å². The van der Waals surface area contributed by atoms with Gasteiger partial charge in [-0.15, -0.1) is 21.6 Å². The average Bonchev–Trinajstić information content (AvgIpc) is 2.35. The zero-order valence-electron chi connectivity index (χ0n) is 16.2. The van der Waals surface area contributed by atoms with Crippen LogP contribution in [0.3, 0.4) is 0 Å². The van der Waals surface area contributed by atoms with Crippen LogP contribution in [0.5, 0.6) is 0 Å². The summed E-state index contributed by atoms with van der Waals surface area (Å²) in [6.45, 7) is 17.8. The Morgan fingerprint density at radius 3 is 1.29 bits per heavy atom. The molecule has 126 valence electrons. The summed E-state index contributed by atoms with van der Waals surface area (Å²) < 4.78 is 0. The molecule has 0 saturated carbocycles. The SMILES string of the molecule is Cc1cc(Sc2[c-]c(C(C)(C)C)cc(C)c2)[c-]c(C(C)(C)C)c1.[Ti+2]. The molecular formula is C22H28STi. The average molecular weight is 372 g/mol. The van der Waals surface area contributed by atoms with E-state index in [1.54, 1.807) is 11.8 Å². The quantitative estimate of drug-likeness (QED) is 0.420. The van der Waals surface area contributed by atoms with Gasteiger partial charge in [0.15, 0.2) is 0 Å². The van der Waals surface area contributed by atoms with Gasteiger partial charge in [-0.05, 0) is 10.8 Å². The van der Waals surface area contributed by atoms with Crippen molar-refractivity contribution in [2.45, 2.75) is 76.0 Å². The van der Waals surface area contributed by atoms with Crippen LogP contribution in [0.4, 0.5) is 0 Å². The molecule has 0 atom stereocenters. The minimum Gasteiger partial charge on any atom is -0.165 e. The Morgan fingerprint density at radius 2 is 1.00 bits per heavy atom. The molecule has 0 fully saturated rings. The van der Waals surface area contributed by atoms with Crippen LogP contribution in [-0.4, -0.2) is 0 Å². The first-order valence-electron chi connectivity index (χ1n) is 8.22. The first-order valence-corrected chi connectivity index (χ1v) is 9.03. The Bertz CT molecular complexity index is 641. The Labute approximate surface area is 167 Å². The van der Waals surface area contributed by atoms with E-state index in [4.69, 9.17) is 0 Å². The standard InChI is InChI=1S/C22H28S.Ti/c1-15-9-17(21(3,4)5)13-19(11-15)23-20-12-16(2)10-18(14-20)22(6,7)8;/h9-12H,1-8H3;/q-2;+2. The summed E-state index contributed by atoms with van der Waals surface area (Å²) in [5, 5.41) is 0. The normalized spacial score (nSPS) is 12.0. The summed E-state index contributed by atoms with van der Waals surface area (Å²) in [6, 6.07) is 16.1. The van der Waals surface area contributed by atoms with Crippen molar-refractivity contribution >= 4 is 11.8 Å². The second-order valence-electron chi connectivity index (χ2n) is 8.47. The first-order chi connectivity index (χ1) is 10.4. The van der Waals surface area contributed by atoms with Crippen molar-refractivity contribution in [3.05, 3.63) is 58.7 Å². The van der Waals surface area contributed by atoms with E-state index >= 15 is 0 Å². The Hall–Kier alpha value is -0.496. The zero-order valence-corrected chi connectivity index (χ0v) is 18.6. The molecule has 2 aromatic rings. The van der Waals surface area contributed by atoms with E-state index < -0.39 is 0 Å². The van der Waals surface area contributed by atoms with E-state index in [1.807, 2.05) is 0 Å². The molecule has 0 bridgehead atoms. The maximum absolute atomic E-state index is 3.59. The first kappa shape index (κ1) is 21.5. The zero-order chi connectivity index (χ0) is 17.4. The molecule has 0 nitrogen and oxygen atoms in total. The molecule has 0 aromatic heterocycles. The van der Waals surface area contributed by atoms with Gasteiger partial charge >= 0.3 is 21.7 Å². The molecule has 0 aliphatic rings. The van der Waals surface area contributed by atoms with Gasteiger partial charge in [-0.1, -0.05) is 55.4 Å². The van der Waals surface area contributed by atoms with Gasteiger partial charge in [-0.3, -0.25) is 0 Å². The molecule has 2 aromatic carbocycles. The summed E-state index contributed by atoms with van der Waals surface area (Å²) in [7, 11) is 0. The van der Waals surface area contributed by atoms with Crippen LogP contribution in [0.15, 0.2) is 34.1 Å². The summed E-state index contributed by atoms with van der Waals surface area (Å²) in [5.41, 5.74) is 5.36. The maximum atomic E-state index is 3.59. The summed E-state index contributed by atoms with van der Waals surface area (Å²) >= 11 is 1.77. The minimum absolute atomic E-state index is 0. The van der Waals surface area contributed by atoms with Crippen molar-refractivity contribution in [1.29, 1.82) is 0 Å². The number of aryl methyl sites for hydroxylation is 2. The summed E-state index contributed by atoms with van der Waals surface area (Å²) in [4.78, 5) is 2.35. The van der Waals surface area contributed by atoms with E-state index in [1.165, 1.54) is 32.0 Å². The van der Waals surface area contributed by atoms with Crippen LogP contribution in [0.25, 0.3) is 0 Å². The van der Waals surface area contributed by atoms with Crippen molar-refractivity contribution in [2.75, 3.05) is 0 Å². The van der Waals surface area contributed by atoms with Crippen molar-refractivity contribution < 1.29 is 21.7 Å². The predicted molar refractivity (Wildman–Crippen MR) is 102 cm³/mol. The second-order valence-corrected chi connectivity index (χ2v) is 9.56. The van der Waals surface area contributed by atoms with Crippen LogP contribution in [0.1, 0.15) is 63.8 Å². The molecule has 0 unspecified atom stereocenters. The Morgan fingerprint density at radius 1 is 0.667 bits per heavy atom. The van der Waals surface area contributed by atoms with Gasteiger partial charge in [0.25, 0.3) is 0 Å². The van der Waals surface area contributed by atoms with Gasteiger partial charge in [0.1, 0.15) is 0 Å². The molecule has 0 amide bonds. The van der Waals surface area contributed by atoms with E-state index in [2.05, 4.69) is 91.8 Å². The van der Waals surface area contributed by atoms with E-state index in [0.29, 0.717) is 0 Å². The van der Waals surface area contributed by atoms with Gasteiger partial charge in [-0.2, -0.15) is 58.7 Å². The fourth-order valence-corrected chi connectivity index (χ4v) is 3.45. The van der Waals surface area contributed by atoms with Gasteiger partial charge in [-0.25, -0.2) is 0 Å². The van der Waals surface area contributed by atoms with E-state index in [0.717, 1.165) is 0 Å². The van der Waals surface area contributed by atoms with Crippen molar-refractivity contribution in [3.8, 4) is 0 Å². The molecule has 0 aliphatic carbocycles. The van der Waals surface area contributed by atoms with Crippen LogP contribution in [0.2, 0.25) is 0 Å². The number of rotatable bonds is 2. The summed E-state index contributed by atoms with van der Waals surface area (Å²) in [5.74, 6) is 0. The van der Waals surface area contributed by atoms with Gasteiger partial charge in [0, 0.05) is 0 Å². The predicted octanol–water partition coefficient (Wildman–Crippen LogP) is 6.65. The molecule has 0 heterocycles. The van der Waals surface area contributed by atoms with Crippen LogP contribution in [-0.2, 0) is 32.5 Å². The van der Waals surface area contributed by atoms with Crippen LogP contribution >= 0.6 is 11.8 Å². The smallest absolute Gasteiger partial charge is 0.165 e. The Kier molecular flexibility index (Phi) is 7.01. The van der Waals surface area contributed by atoms with Crippen LogP contribution < -0.4 is 0 Å². The maximum Gasteiger partial charge on any atom is 2.00 e. The number of hydrogen-bond donors (Lipinski definition) is 0. The molecule has 0 N–H and O–H groups in total. The third kappa shape index (κ3) is 5.79. The fraction of sp³-hybridized carbons (Fsp3) is 0.455. The third-order valence-corrected chi connectivity index (χ3v) is 4.69. The molecular weight excluding hydrogens is 344 g/mol. The van der Waals surface area contributed by atoms with Gasteiger partial charge < -0.3 is 0 Å². The third-order valence-electron chi connectivity index (χ3n) is 3.81. The van der Waals surface area contributed by atoms with E-state index in [-0.39, 0.29) is 32.5 Å². The molecule has 0 saturated heterocycles. The second kappa shape index (κ2) is 7.81.